The largest absolute Gasteiger partial charge is 0.370 e. The minimum Gasteiger partial charge on any atom is -0.370 e. The number of unbranched alkanes of at least 4 members (excludes halogenated alkanes) is 4. The van der Waals surface area contributed by atoms with Gasteiger partial charge in [0.2, 0.25) is 23.6 Å². The Morgan fingerprint density at radius 2 is 0.979 bits per heavy atom. The first-order valence-electron chi connectivity index (χ1n) is 34.6. The number of morpholine rings is 3. The SMILES string of the molecule is CNCP(=O)(OCC1CN(C(C)=O)CC(C)O1)N1CC(C)OC(COP(=O)(N(C)C)N2CC(C)OC(COP(=O)(N(C)C)N3CCN(C(=O)CCCC(=O)CCCCCNC(=O)C(CCCN=C(N)N)CC(=O)CCCCCNC(=O)C(CCCN=C(N)N)CC(C)=O)CC3)C2)C1. The van der Waals surface area contributed by atoms with Gasteiger partial charge in [-0.25, -0.2) is 23.4 Å². The number of ketones is 3. The average molecular weight is 1440 g/mol. The summed E-state index contributed by atoms with van der Waals surface area (Å²) in [7, 11) is -2.49. The molecule has 0 radical (unpaired) electrons. The van der Waals surface area contributed by atoms with Gasteiger partial charge in [0.1, 0.15) is 17.3 Å². The van der Waals surface area contributed by atoms with E-state index in [9.17, 15) is 42.7 Å². The summed E-state index contributed by atoms with van der Waals surface area (Å²) >= 11 is 0. The Bertz CT molecular complexity index is 2700. The predicted octanol–water partition coefficient (Wildman–Crippen LogP) is 3.07. The number of ether oxygens (including phenoxy) is 3. The smallest absolute Gasteiger partial charge is 0.345 e. The van der Waals surface area contributed by atoms with Crippen molar-refractivity contribution in [2.75, 3.05) is 153 Å². The molecule has 11 unspecified atom stereocenters. The Balaban J connectivity index is 1.16. The highest BCUT2D eigenvalue weighted by Crippen LogP contribution is 2.56. The molecule has 32 nitrogen and oxygen atoms in total. The number of nitrogens with one attached hydrogen (secondary N) is 3. The molecule has 4 saturated heterocycles. The molecule has 11 atom stereocenters. The number of rotatable bonds is 46. The van der Waals surface area contributed by atoms with Gasteiger partial charge in [0, 0.05) is 149 Å². The molecule has 11 N–H and O–H groups in total. The van der Waals surface area contributed by atoms with E-state index in [1.54, 1.807) is 68.4 Å². The molecule has 35 heteroatoms. The van der Waals surface area contributed by atoms with Crippen LogP contribution in [0.15, 0.2) is 9.98 Å². The Morgan fingerprint density at radius 3 is 1.47 bits per heavy atom. The monoisotopic (exact) mass is 1440 g/mol. The quantitative estimate of drug-likeness (QED) is 0.0199. The summed E-state index contributed by atoms with van der Waals surface area (Å²) in [4.78, 5) is 101. The molecular formula is C62H119N16O16P3. The first kappa shape index (κ1) is 85.1. The summed E-state index contributed by atoms with van der Waals surface area (Å²) in [6.45, 7) is 12.8. The van der Waals surface area contributed by atoms with E-state index in [2.05, 4.69) is 25.9 Å². The average Bonchev–Trinajstić information content (AvgIpc) is 0.815. The Labute approximate surface area is 575 Å². The minimum atomic E-state index is -3.74. The molecule has 4 amide bonds. The number of nitrogens with zero attached hydrogens (tertiary/aromatic N) is 9. The summed E-state index contributed by atoms with van der Waals surface area (Å²) in [5, 5.41) is 8.88. The fraction of sp³-hybridized carbons (Fsp3) is 0.855. The fourth-order valence-electron chi connectivity index (χ4n) is 12.3. The van der Waals surface area contributed by atoms with E-state index in [1.165, 1.54) is 13.8 Å². The molecule has 4 heterocycles. The molecule has 0 aromatic heterocycles. The number of Topliss-reactive ketones (excluding diaryl/α,β-unsaturated/α-hetero) is 3. The van der Waals surface area contributed by atoms with Gasteiger partial charge in [-0.2, -0.15) is 0 Å². The van der Waals surface area contributed by atoms with E-state index < -0.39 is 59.1 Å². The summed E-state index contributed by atoms with van der Waals surface area (Å²) < 4.78 is 90.2. The standard InChI is InChI=1S/C62H119N16O16P3/c1-46(79)34-51(20-18-28-70-61(63)64)59(84)68-26-16-12-14-23-54(82)35-52(21-19-29-71-62(65)66)60(85)69-27-15-11-13-22-53(81)24-17-25-58(83)74-30-32-76(33-31-74)96(87,72(7)8)90-44-57-41-78(38-49(4)94-57)97(88,73(9)10)91-43-56-40-77(37-48(3)93-56)95(86,45-67-6)89-42-55-39-75(50(5)80)36-47(2)92-55/h47-49,51-52,55-57,67H,11-45H2,1-10H3,(H,68,84)(H,69,85)(H4,63,64,70)(H4,65,66,71). The lowest BCUT2D eigenvalue weighted by Gasteiger charge is -2.44. The molecule has 4 aliphatic rings. The third-order valence-electron chi connectivity index (χ3n) is 17.3. The van der Waals surface area contributed by atoms with Crippen molar-refractivity contribution in [3.63, 3.8) is 0 Å². The highest BCUT2D eigenvalue weighted by Gasteiger charge is 2.46. The lowest BCUT2D eigenvalue weighted by atomic mass is 9.93. The molecule has 0 aromatic rings. The van der Waals surface area contributed by atoms with E-state index in [-0.39, 0.29) is 156 Å². The van der Waals surface area contributed by atoms with Gasteiger partial charge in [0.05, 0.1) is 62.7 Å². The predicted molar refractivity (Wildman–Crippen MR) is 372 cm³/mol. The zero-order chi connectivity index (χ0) is 71.9. The highest BCUT2D eigenvalue weighted by atomic mass is 31.2. The molecule has 0 spiro atoms. The van der Waals surface area contributed by atoms with Crippen molar-refractivity contribution in [2.45, 2.75) is 180 Å². The third-order valence-corrected chi connectivity index (χ3v) is 24.9. The number of nitrogens with two attached hydrogens (primary N) is 4. The van der Waals surface area contributed by atoms with Crippen molar-refractivity contribution in [1.29, 1.82) is 0 Å². The molecule has 0 aliphatic carbocycles. The number of aliphatic imine (C=N–C) groups is 2. The molecule has 4 rings (SSSR count). The lowest BCUT2D eigenvalue weighted by Crippen LogP contribution is -2.51. The topological polar surface area (TPSA) is 414 Å². The van der Waals surface area contributed by atoms with Gasteiger partial charge < -0.3 is 81.3 Å². The first-order chi connectivity index (χ1) is 45.9. The van der Waals surface area contributed by atoms with Crippen LogP contribution in [0.5, 0.6) is 0 Å². The van der Waals surface area contributed by atoms with Crippen LogP contribution in [0.2, 0.25) is 0 Å². The molecule has 0 bridgehead atoms. The summed E-state index contributed by atoms with van der Waals surface area (Å²) in [6, 6.07) is 0. The van der Waals surface area contributed by atoms with Crippen LogP contribution in [0, 0.1) is 11.8 Å². The minimum absolute atomic E-state index is 0.0184. The van der Waals surface area contributed by atoms with E-state index in [0.717, 1.165) is 0 Å². The van der Waals surface area contributed by atoms with Crippen molar-refractivity contribution in [3.8, 4) is 0 Å². The Morgan fingerprint density at radius 1 is 0.526 bits per heavy atom. The number of hydrogen-bond donors (Lipinski definition) is 7. The summed E-state index contributed by atoms with van der Waals surface area (Å²) in [6.07, 6.45) is 4.89. The summed E-state index contributed by atoms with van der Waals surface area (Å²) in [5.74, 6) is -1.76. The van der Waals surface area contributed by atoms with Gasteiger partial charge in [-0.3, -0.25) is 52.4 Å². The first-order valence-corrected chi connectivity index (χ1v) is 39.4. The fourth-order valence-corrected chi connectivity index (χ4v) is 18.5. The second-order valence-electron chi connectivity index (χ2n) is 26.5. The van der Waals surface area contributed by atoms with E-state index in [1.807, 2.05) is 20.8 Å². The normalized spacial score (nSPS) is 23.1. The van der Waals surface area contributed by atoms with Crippen LogP contribution in [0.3, 0.4) is 0 Å². The maximum absolute atomic E-state index is 15.0. The molecule has 4 aliphatic heterocycles. The van der Waals surface area contributed by atoms with Crippen LogP contribution < -0.4 is 38.9 Å². The third kappa shape index (κ3) is 30.4. The van der Waals surface area contributed by atoms with Gasteiger partial charge in [0.25, 0.3) is 7.52 Å². The zero-order valence-electron chi connectivity index (χ0n) is 59.6. The van der Waals surface area contributed by atoms with E-state index in [0.29, 0.717) is 136 Å². The second kappa shape index (κ2) is 43.4. The van der Waals surface area contributed by atoms with Gasteiger partial charge in [-0.1, -0.05) is 12.8 Å². The van der Waals surface area contributed by atoms with Crippen molar-refractivity contribution in [1.82, 2.24) is 49.1 Å². The number of piperazine rings is 1. The van der Waals surface area contributed by atoms with Crippen LogP contribution >= 0.6 is 22.9 Å². The molecular weight excluding hydrogens is 1320 g/mol. The van der Waals surface area contributed by atoms with Gasteiger partial charge >= 0.3 is 15.3 Å². The number of carbonyl (C=O) groups is 7. The number of amides is 4. The van der Waals surface area contributed by atoms with Crippen LogP contribution in [0.25, 0.3) is 0 Å². The lowest BCUT2D eigenvalue weighted by molar-refractivity contribution is -0.144. The van der Waals surface area contributed by atoms with Crippen molar-refractivity contribution >= 4 is 75.8 Å². The molecule has 97 heavy (non-hydrogen) atoms. The number of hydrogen-bond acceptors (Lipinski definition) is 19. The van der Waals surface area contributed by atoms with Crippen LogP contribution in [0.1, 0.15) is 144 Å². The number of carbonyl (C=O) groups excluding carboxylic acids is 7. The Hall–Kier alpha value is -4.36. The molecule has 4 fully saturated rings. The molecule has 0 saturated carbocycles. The van der Waals surface area contributed by atoms with Crippen molar-refractivity contribution in [2.24, 2.45) is 44.8 Å². The van der Waals surface area contributed by atoms with Gasteiger partial charge in [0.15, 0.2) is 11.9 Å². The van der Waals surface area contributed by atoms with Crippen LogP contribution in [-0.4, -0.2) is 276 Å². The molecule has 0 aromatic carbocycles. The van der Waals surface area contributed by atoms with Gasteiger partial charge in [-0.15, -0.1) is 0 Å². The molecule has 558 valence electrons. The number of guanidine groups is 2. The maximum atomic E-state index is 15.0. The maximum Gasteiger partial charge on any atom is 0.345 e. The van der Waals surface area contributed by atoms with Gasteiger partial charge in [-0.05, 0) is 121 Å². The van der Waals surface area contributed by atoms with Crippen molar-refractivity contribution in [3.05, 3.63) is 0 Å². The highest BCUT2D eigenvalue weighted by molar-refractivity contribution is 7.56. The zero-order valence-corrected chi connectivity index (χ0v) is 62.3. The van der Waals surface area contributed by atoms with E-state index >= 15 is 4.57 Å². The van der Waals surface area contributed by atoms with Crippen LogP contribution in [-0.2, 0) is 75.0 Å². The Kier molecular flexibility index (Phi) is 38.1. The van der Waals surface area contributed by atoms with Crippen LogP contribution in [0.4, 0.5) is 0 Å². The van der Waals surface area contributed by atoms with E-state index in [4.69, 9.17) is 50.7 Å². The summed E-state index contributed by atoms with van der Waals surface area (Å²) in [5.41, 5.74) is 21.7. The second-order valence-corrected chi connectivity index (χ2v) is 34.1. The van der Waals surface area contributed by atoms with Crippen molar-refractivity contribution < 1.29 is 75.0 Å².